The Morgan fingerprint density at radius 2 is 1.90 bits per heavy atom. The van der Waals surface area contributed by atoms with Crippen LogP contribution in [0.1, 0.15) is 51.5 Å². The van der Waals surface area contributed by atoms with Crippen molar-refractivity contribution in [2.45, 2.75) is 58.9 Å². The first-order valence-electron chi connectivity index (χ1n) is 7.95. The molecule has 1 aromatic heterocycles. The van der Waals surface area contributed by atoms with Gasteiger partial charge in [0.25, 0.3) is 0 Å². The maximum atomic E-state index is 4.51. The Labute approximate surface area is 123 Å². The Morgan fingerprint density at radius 3 is 2.50 bits per heavy atom. The Morgan fingerprint density at radius 1 is 1.20 bits per heavy atom. The van der Waals surface area contributed by atoms with Crippen LogP contribution < -0.4 is 10.2 Å². The lowest BCUT2D eigenvalue weighted by atomic mass is 9.84. The van der Waals surface area contributed by atoms with Crippen molar-refractivity contribution in [2.75, 3.05) is 23.8 Å². The van der Waals surface area contributed by atoms with Crippen molar-refractivity contribution in [1.29, 1.82) is 0 Å². The maximum Gasteiger partial charge on any atom is 0.137 e. The summed E-state index contributed by atoms with van der Waals surface area (Å²) < 4.78 is 0. The normalized spacial score (nSPS) is 22.6. The summed E-state index contributed by atoms with van der Waals surface area (Å²) in [4.78, 5) is 11.2. The number of hydrogen-bond donors (Lipinski definition) is 1. The standard InChI is InChI=1S/C16H28N4/c1-5-13-7-9-14(10-8-13)20(4)16-12(3)15(17-6-2)18-11-19-16/h11,13-14H,5-10H2,1-4H3,(H,17,18,19). The molecule has 0 amide bonds. The summed E-state index contributed by atoms with van der Waals surface area (Å²) in [6.07, 6.45) is 8.29. The molecule has 1 aromatic rings. The molecule has 1 aliphatic carbocycles. The van der Waals surface area contributed by atoms with Crippen LogP contribution in [0.25, 0.3) is 0 Å². The van der Waals surface area contributed by atoms with Crippen molar-refractivity contribution in [3.05, 3.63) is 11.9 Å². The number of anilines is 2. The van der Waals surface area contributed by atoms with E-state index < -0.39 is 0 Å². The smallest absolute Gasteiger partial charge is 0.137 e. The lowest BCUT2D eigenvalue weighted by Crippen LogP contribution is -2.36. The van der Waals surface area contributed by atoms with Crippen LogP contribution in [0, 0.1) is 12.8 Å². The minimum absolute atomic E-state index is 0.626. The highest BCUT2D eigenvalue weighted by Crippen LogP contribution is 2.32. The molecular formula is C16H28N4. The summed E-state index contributed by atoms with van der Waals surface area (Å²) in [5.74, 6) is 2.98. The molecule has 0 bridgehead atoms. The molecule has 1 heterocycles. The van der Waals surface area contributed by atoms with Gasteiger partial charge in [-0.25, -0.2) is 9.97 Å². The monoisotopic (exact) mass is 276 g/mol. The number of rotatable bonds is 5. The molecule has 0 radical (unpaired) electrons. The first-order valence-corrected chi connectivity index (χ1v) is 7.95. The summed E-state index contributed by atoms with van der Waals surface area (Å²) in [6.45, 7) is 7.41. The summed E-state index contributed by atoms with van der Waals surface area (Å²) >= 11 is 0. The van der Waals surface area contributed by atoms with E-state index in [1.165, 1.54) is 32.1 Å². The molecule has 112 valence electrons. The molecule has 0 unspecified atom stereocenters. The lowest BCUT2D eigenvalue weighted by Gasteiger charge is -2.35. The quantitative estimate of drug-likeness (QED) is 0.891. The summed E-state index contributed by atoms with van der Waals surface area (Å²) in [6, 6.07) is 0.626. The van der Waals surface area contributed by atoms with Crippen LogP contribution >= 0.6 is 0 Å². The highest BCUT2D eigenvalue weighted by Gasteiger charge is 2.25. The fourth-order valence-corrected chi connectivity index (χ4v) is 3.26. The predicted molar refractivity (Wildman–Crippen MR) is 85.4 cm³/mol. The Bertz CT molecular complexity index is 424. The predicted octanol–water partition coefficient (Wildman–Crippen LogP) is 3.62. The van der Waals surface area contributed by atoms with Gasteiger partial charge in [0.15, 0.2) is 0 Å². The van der Waals surface area contributed by atoms with E-state index >= 15 is 0 Å². The van der Waals surface area contributed by atoms with E-state index in [1.807, 2.05) is 0 Å². The van der Waals surface area contributed by atoms with Gasteiger partial charge < -0.3 is 10.2 Å². The minimum atomic E-state index is 0.626. The van der Waals surface area contributed by atoms with Gasteiger partial charge in [-0.3, -0.25) is 0 Å². The number of hydrogen-bond acceptors (Lipinski definition) is 4. The molecule has 0 aromatic carbocycles. The van der Waals surface area contributed by atoms with Crippen molar-refractivity contribution in [1.82, 2.24) is 9.97 Å². The van der Waals surface area contributed by atoms with E-state index in [9.17, 15) is 0 Å². The zero-order chi connectivity index (χ0) is 14.5. The van der Waals surface area contributed by atoms with Crippen molar-refractivity contribution in [3.8, 4) is 0 Å². The molecule has 4 nitrogen and oxygen atoms in total. The van der Waals surface area contributed by atoms with Crippen molar-refractivity contribution < 1.29 is 0 Å². The summed E-state index contributed by atoms with van der Waals surface area (Å²) in [5, 5.41) is 3.31. The van der Waals surface area contributed by atoms with Gasteiger partial charge in [-0.1, -0.05) is 13.3 Å². The molecular weight excluding hydrogens is 248 g/mol. The second-order valence-electron chi connectivity index (χ2n) is 5.89. The largest absolute Gasteiger partial charge is 0.370 e. The van der Waals surface area contributed by atoms with E-state index in [0.29, 0.717) is 6.04 Å². The number of nitrogens with one attached hydrogen (secondary N) is 1. The summed E-state index contributed by atoms with van der Waals surface area (Å²) in [5.41, 5.74) is 1.16. The maximum absolute atomic E-state index is 4.51. The average Bonchev–Trinajstić information content (AvgIpc) is 2.49. The third kappa shape index (κ3) is 3.22. The second kappa shape index (κ2) is 6.91. The van der Waals surface area contributed by atoms with Crippen molar-refractivity contribution in [2.24, 2.45) is 5.92 Å². The van der Waals surface area contributed by atoms with Gasteiger partial charge in [0, 0.05) is 25.2 Å². The van der Waals surface area contributed by atoms with E-state index in [-0.39, 0.29) is 0 Å². The van der Waals surface area contributed by atoms with Crippen LogP contribution in [0.15, 0.2) is 6.33 Å². The minimum Gasteiger partial charge on any atom is -0.370 e. The van der Waals surface area contributed by atoms with E-state index in [4.69, 9.17) is 0 Å². The Kier molecular flexibility index (Phi) is 5.21. The van der Waals surface area contributed by atoms with Crippen molar-refractivity contribution in [3.63, 3.8) is 0 Å². The van der Waals surface area contributed by atoms with Crippen LogP contribution in [0.5, 0.6) is 0 Å². The lowest BCUT2D eigenvalue weighted by molar-refractivity contribution is 0.312. The van der Waals surface area contributed by atoms with Gasteiger partial charge in [-0.15, -0.1) is 0 Å². The SMILES string of the molecule is CCNc1ncnc(N(C)C2CCC(CC)CC2)c1C. The van der Waals surface area contributed by atoms with Crippen LogP contribution in [0.2, 0.25) is 0 Å². The fraction of sp³-hybridized carbons (Fsp3) is 0.750. The van der Waals surface area contributed by atoms with Crippen molar-refractivity contribution >= 4 is 11.6 Å². The van der Waals surface area contributed by atoms with Crippen LogP contribution in [0.4, 0.5) is 11.6 Å². The summed E-state index contributed by atoms with van der Waals surface area (Å²) in [7, 11) is 2.18. The Hall–Kier alpha value is -1.32. The molecule has 1 N–H and O–H groups in total. The van der Waals surface area contributed by atoms with E-state index in [2.05, 4.69) is 48.0 Å². The first kappa shape index (κ1) is 15.1. The third-order valence-corrected chi connectivity index (χ3v) is 4.68. The highest BCUT2D eigenvalue weighted by molar-refractivity contribution is 5.57. The number of nitrogens with zero attached hydrogens (tertiary/aromatic N) is 3. The average molecular weight is 276 g/mol. The molecule has 1 aliphatic rings. The first-order chi connectivity index (χ1) is 9.67. The zero-order valence-corrected chi connectivity index (χ0v) is 13.3. The van der Waals surface area contributed by atoms with E-state index in [1.54, 1.807) is 6.33 Å². The molecule has 20 heavy (non-hydrogen) atoms. The number of aromatic nitrogens is 2. The molecule has 0 aliphatic heterocycles. The fourth-order valence-electron chi connectivity index (χ4n) is 3.26. The third-order valence-electron chi connectivity index (χ3n) is 4.68. The molecule has 0 saturated heterocycles. The molecule has 0 spiro atoms. The zero-order valence-electron chi connectivity index (χ0n) is 13.3. The van der Waals surface area contributed by atoms with Gasteiger partial charge in [0.05, 0.1) is 0 Å². The molecule has 1 fully saturated rings. The van der Waals surface area contributed by atoms with Gasteiger partial charge in [0.2, 0.25) is 0 Å². The topological polar surface area (TPSA) is 41.1 Å². The molecule has 2 rings (SSSR count). The van der Waals surface area contributed by atoms with Gasteiger partial charge in [0.1, 0.15) is 18.0 Å². The van der Waals surface area contributed by atoms with Gasteiger partial charge in [-0.05, 0) is 45.4 Å². The van der Waals surface area contributed by atoms with Crippen LogP contribution in [0.3, 0.4) is 0 Å². The van der Waals surface area contributed by atoms with Gasteiger partial charge >= 0.3 is 0 Å². The van der Waals surface area contributed by atoms with Gasteiger partial charge in [-0.2, -0.15) is 0 Å². The molecule has 0 atom stereocenters. The molecule has 4 heteroatoms. The second-order valence-corrected chi connectivity index (χ2v) is 5.89. The van der Waals surface area contributed by atoms with E-state index in [0.717, 1.165) is 29.7 Å². The molecule has 1 saturated carbocycles. The highest BCUT2D eigenvalue weighted by atomic mass is 15.2. The van der Waals surface area contributed by atoms with Crippen LogP contribution in [-0.2, 0) is 0 Å². The Balaban J connectivity index is 2.09. The van der Waals surface area contributed by atoms with Crippen LogP contribution in [-0.4, -0.2) is 29.6 Å².